The molecule has 1 amide bonds. The number of carbonyl (C=O) groups is 1. The maximum atomic E-state index is 13.1. The number of aryl methyl sites for hydroxylation is 1. The zero-order valence-electron chi connectivity index (χ0n) is 16.1. The second-order valence-electron chi connectivity index (χ2n) is 6.86. The van der Waals surface area contributed by atoms with Gasteiger partial charge in [-0.05, 0) is 61.6 Å². The lowest BCUT2D eigenvalue weighted by atomic mass is 9.95. The molecule has 4 rings (SSSR count). The number of halogens is 1. The number of thiophene rings is 1. The van der Waals surface area contributed by atoms with Crippen LogP contribution in [0, 0.1) is 0 Å². The monoisotopic (exact) mass is 424 g/mol. The van der Waals surface area contributed by atoms with E-state index in [1.807, 2.05) is 36.4 Å². The highest BCUT2D eigenvalue weighted by molar-refractivity contribution is 7.16. The standard InChI is InChI=1S/C23H21ClN2O2S/c1-28-19-12-11-16(24)13-15(19)14-25-23-21(18-9-5-6-10-20(18)29-23)22(27)26-17-7-3-2-4-8-17/h2-4,7-8,11-14H,5-6,9-10H2,1H3,(H,26,27). The van der Waals surface area contributed by atoms with Crippen LogP contribution in [-0.2, 0) is 12.8 Å². The Morgan fingerprint density at radius 3 is 2.76 bits per heavy atom. The predicted molar refractivity (Wildman–Crippen MR) is 121 cm³/mol. The lowest BCUT2D eigenvalue weighted by Gasteiger charge is -2.12. The number of rotatable bonds is 5. The van der Waals surface area contributed by atoms with Gasteiger partial charge >= 0.3 is 0 Å². The summed E-state index contributed by atoms with van der Waals surface area (Å²) in [6.07, 6.45) is 5.89. The van der Waals surface area contributed by atoms with Gasteiger partial charge in [0, 0.05) is 27.4 Å². The number of nitrogens with one attached hydrogen (secondary N) is 1. The Hall–Kier alpha value is -2.63. The quantitative estimate of drug-likeness (QED) is 0.489. The van der Waals surface area contributed by atoms with Crippen LogP contribution in [0.25, 0.3) is 0 Å². The van der Waals surface area contributed by atoms with E-state index in [1.54, 1.807) is 36.8 Å². The number of benzene rings is 2. The van der Waals surface area contributed by atoms with E-state index in [1.165, 1.54) is 4.88 Å². The van der Waals surface area contributed by atoms with Gasteiger partial charge in [-0.2, -0.15) is 0 Å². The fourth-order valence-corrected chi connectivity index (χ4v) is 4.94. The summed E-state index contributed by atoms with van der Waals surface area (Å²) in [5.41, 5.74) is 3.38. The number of hydrogen-bond donors (Lipinski definition) is 1. The van der Waals surface area contributed by atoms with Crippen LogP contribution >= 0.6 is 22.9 Å². The first kappa shape index (κ1) is 19.7. The van der Waals surface area contributed by atoms with Crippen LogP contribution in [0.15, 0.2) is 53.5 Å². The highest BCUT2D eigenvalue weighted by atomic mass is 35.5. The molecule has 0 spiro atoms. The molecule has 0 atom stereocenters. The number of aliphatic imine (C=N–C) groups is 1. The third-order valence-corrected chi connectivity index (χ3v) is 6.36. The van der Waals surface area contributed by atoms with Gasteiger partial charge in [-0.15, -0.1) is 11.3 Å². The summed E-state index contributed by atoms with van der Waals surface area (Å²) >= 11 is 7.74. The molecule has 0 radical (unpaired) electrons. The van der Waals surface area contributed by atoms with Gasteiger partial charge in [0.1, 0.15) is 10.8 Å². The van der Waals surface area contributed by atoms with Gasteiger partial charge < -0.3 is 10.1 Å². The zero-order chi connectivity index (χ0) is 20.2. The highest BCUT2D eigenvalue weighted by Gasteiger charge is 2.25. The Labute approximate surface area is 179 Å². The minimum absolute atomic E-state index is 0.110. The van der Waals surface area contributed by atoms with Crippen molar-refractivity contribution in [2.24, 2.45) is 4.99 Å². The summed E-state index contributed by atoms with van der Waals surface area (Å²) in [5.74, 6) is 0.579. The van der Waals surface area contributed by atoms with Crippen LogP contribution in [0.1, 0.15) is 39.2 Å². The van der Waals surface area contributed by atoms with Crippen LogP contribution in [0.5, 0.6) is 5.75 Å². The Kier molecular flexibility index (Phi) is 5.97. The minimum atomic E-state index is -0.110. The fraction of sp³-hybridized carbons (Fsp3) is 0.217. The van der Waals surface area contributed by atoms with Crippen molar-refractivity contribution in [2.45, 2.75) is 25.7 Å². The van der Waals surface area contributed by atoms with E-state index in [2.05, 4.69) is 10.3 Å². The van der Waals surface area contributed by atoms with Gasteiger partial charge in [0.2, 0.25) is 0 Å². The molecule has 4 nitrogen and oxygen atoms in total. The maximum absolute atomic E-state index is 13.1. The molecule has 29 heavy (non-hydrogen) atoms. The maximum Gasteiger partial charge on any atom is 0.259 e. The lowest BCUT2D eigenvalue weighted by Crippen LogP contribution is -2.14. The second kappa shape index (κ2) is 8.80. The van der Waals surface area contributed by atoms with E-state index in [0.29, 0.717) is 16.3 Å². The summed E-state index contributed by atoms with van der Waals surface area (Å²) in [4.78, 5) is 19.1. The molecular formula is C23H21ClN2O2S. The first-order valence-corrected chi connectivity index (χ1v) is 10.7. The summed E-state index contributed by atoms with van der Waals surface area (Å²) < 4.78 is 5.40. The molecule has 2 aromatic carbocycles. The van der Waals surface area contributed by atoms with E-state index >= 15 is 0 Å². The predicted octanol–water partition coefficient (Wildman–Crippen LogP) is 6.29. The number of ether oxygens (including phenoxy) is 1. The molecule has 1 heterocycles. The number of anilines is 1. The van der Waals surface area contributed by atoms with Crippen molar-refractivity contribution in [3.05, 3.63) is 75.1 Å². The van der Waals surface area contributed by atoms with Crippen LogP contribution in [0.3, 0.4) is 0 Å². The van der Waals surface area contributed by atoms with Crippen molar-refractivity contribution in [3.63, 3.8) is 0 Å². The van der Waals surface area contributed by atoms with Crippen molar-refractivity contribution in [3.8, 4) is 5.75 Å². The van der Waals surface area contributed by atoms with Crippen molar-refractivity contribution in [1.29, 1.82) is 0 Å². The molecule has 1 aliphatic carbocycles. The topological polar surface area (TPSA) is 50.7 Å². The number of amides is 1. The first-order chi connectivity index (χ1) is 14.2. The molecule has 148 valence electrons. The number of nitrogens with zero attached hydrogens (tertiary/aromatic N) is 1. The first-order valence-electron chi connectivity index (χ1n) is 9.54. The van der Waals surface area contributed by atoms with Crippen LogP contribution in [-0.4, -0.2) is 19.2 Å². The summed E-state index contributed by atoms with van der Waals surface area (Å²) in [7, 11) is 1.61. The molecule has 0 saturated heterocycles. The van der Waals surface area contributed by atoms with Crippen LogP contribution < -0.4 is 10.1 Å². The minimum Gasteiger partial charge on any atom is -0.496 e. The zero-order valence-corrected chi connectivity index (χ0v) is 17.6. The summed E-state index contributed by atoms with van der Waals surface area (Å²) in [6, 6.07) is 14.9. The van der Waals surface area contributed by atoms with Crippen molar-refractivity contribution < 1.29 is 9.53 Å². The van der Waals surface area contributed by atoms with Crippen LogP contribution in [0.2, 0.25) is 5.02 Å². The molecule has 6 heteroatoms. The highest BCUT2D eigenvalue weighted by Crippen LogP contribution is 2.40. The third kappa shape index (κ3) is 4.36. The molecule has 0 bridgehead atoms. The van der Waals surface area contributed by atoms with Gasteiger partial charge in [-0.1, -0.05) is 29.8 Å². The normalized spacial score (nSPS) is 13.3. The number of hydrogen-bond acceptors (Lipinski definition) is 4. The Bertz CT molecular complexity index is 1060. The van der Waals surface area contributed by atoms with Crippen molar-refractivity contribution >= 4 is 45.7 Å². The molecule has 3 aromatic rings. The number of fused-ring (bicyclic) bond motifs is 1. The fourth-order valence-electron chi connectivity index (χ4n) is 3.53. The third-order valence-electron chi connectivity index (χ3n) is 4.92. The molecule has 0 fully saturated rings. The Morgan fingerprint density at radius 1 is 1.17 bits per heavy atom. The molecule has 0 unspecified atom stereocenters. The van der Waals surface area contributed by atoms with Gasteiger partial charge in [0.25, 0.3) is 5.91 Å². The smallest absolute Gasteiger partial charge is 0.259 e. The number of methoxy groups -OCH3 is 1. The molecule has 1 N–H and O–H groups in total. The largest absolute Gasteiger partial charge is 0.496 e. The Balaban J connectivity index is 1.71. The van der Waals surface area contributed by atoms with Gasteiger partial charge in [-0.25, -0.2) is 4.99 Å². The van der Waals surface area contributed by atoms with Gasteiger partial charge in [0.05, 0.1) is 12.7 Å². The summed E-state index contributed by atoms with van der Waals surface area (Å²) in [5, 5.41) is 4.35. The van der Waals surface area contributed by atoms with Crippen molar-refractivity contribution in [1.82, 2.24) is 0 Å². The number of para-hydroxylation sites is 1. The summed E-state index contributed by atoms with van der Waals surface area (Å²) in [6.45, 7) is 0. The van der Waals surface area contributed by atoms with E-state index in [0.717, 1.165) is 47.5 Å². The average Bonchev–Trinajstić information content (AvgIpc) is 3.11. The molecular weight excluding hydrogens is 404 g/mol. The lowest BCUT2D eigenvalue weighted by molar-refractivity contribution is 0.102. The number of carbonyl (C=O) groups excluding carboxylic acids is 1. The molecule has 1 aromatic heterocycles. The van der Waals surface area contributed by atoms with Crippen LogP contribution in [0.4, 0.5) is 10.7 Å². The van der Waals surface area contributed by atoms with Gasteiger partial charge in [-0.3, -0.25) is 4.79 Å². The van der Waals surface area contributed by atoms with Gasteiger partial charge in [0.15, 0.2) is 0 Å². The second-order valence-corrected chi connectivity index (χ2v) is 8.38. The van der Waals surface area contributed by atoms with E-state index < -0.39 is 0 Å². The Morgan fingerprint density at radius 2 is 1.97 bits per heavy atom. The SMILES string of the molecule is COc1ccc(Cl)cc1C=Nc1sc2c(c1C(=O)Nc1ccccc1)CCCC2. The van der Waals surface area contributed by atoms with E-state index in [9.17, 15) is 4.79 Å². The van der Waals surface area contributed by atoms with E-state index in [4.69, 9.17) is 16.3 Å². The molecule has 1 aliphatic rings. The van der Waals surface area contributed by atoms with E-state index in [-0.39, 0.29) is 5.91 Å². The average molecular weight is 425 g/mol. The van der Waals surface area contributed by atoms with Crippen molar-refractivity contribution in [2.75, 3.05) is 12.4 Å². The molecule has 0 aliphatic heterocycles. The molecule has 0 saturated carbocycles.